The number of rotatable bonds is 0. The quantitative estimate of drug-likeness (QED) is 0.736. The number of H-pyrrole nitrogens is 1. The Labute approximate surface area is 79.5 Å². The summed E-state index contributed by atoms with van der Waals surface area (Å²) in [5.74, 6) is -0.799. The molecule has 0 bridgehead atoms. The lowest BCUT2D eigenvalue weighted by molar-refractivity contribution is 0.459. The molecule has 13 heavy (non-hydrogen) atoms. The molecule has 0 radical (unpaired) electrons. The largest absolute Gasteiger partial charge is 0.420 e. The highest BCUT2D eigenvalue weighted by molar-refractivity contribution is 9.10. The van der Waals surface area contributed by atoms with Gasteiger partial charge in [-0.25, -0.2) is 14.6 Å². The summed E-state index contributed by atoms with van der Waals surface area (Å²) in [4.78, 5) is 28.0. The summed E-state index contributed by atoms with van der Waals surface area (Å²) in [5.41, 5.74) is -0.461. The number of pyridine rings is 1. The fraction of sp³-hybridized carbons (Fsp3) is 0. The van der Waals surface area contributed by atoms with Crippen LogP contribution >= 0.6 is 15.9 Å². The molecule has 0 aromatic carbocycles. The van der Waals surface area contributed by atoms with Crippen LogP contribution < -0.4 is 11.4 Å². The van der Waals surface area contributed by atoms with E-state index in [-0.39, 0.29) is 11.0 Å². The minimum atomic E-state index is -0.799. The highest BCUT2D eigenvalue weighted by atomic mass is 79.9. The normalized spacial score (nSPS) is 10.5. The van der Waals surface area contributed by atoms with Crippen LogP contribution in [0.2, 0.25) is 0 Å². The van der Waals surface area contributed by atoms with Gasteiger partial charge in [-0.2, -0.15) is 0 Å². The molecular weight excluding hydrogens is 240 g/mol. The van der Waals surface area contributed by atoms with Gasteiger partial charge in [0.05, 0.1) is 0 Å². The van der Waals surface area contributed by atoms with Crippen molar-refractivity contribution >= 4 is 27.0 Å². The fourth-order valence-electron chi connectivity index (χ4n) is 0.956. The van der Waals surface area contributed by atoms with E-state index in [1.807, 2.05) is 0 Å². The second-order valence-electron chi connectivity index (χ2n) is 2.35. The third-order valence-corrected chi connectivity index (χ3v) is 1.91. The van der Waals surface area contributed by atoms with E-state index in [9.17, 15) is 9.59 Å². The number of hydrogen-bond donors (Lipinski definition) is 1. The van der Waals surface area contributed by atoms with Crippen molar-refractivity contribution in [3.05, 3.63) is 37.7 Å². The maximum absolute atomic E-state index is 11.1. The molecule has 66 valence electrons. The van der Waals surface area contributed by atoms with Crippen LogP contribution in [-0.4, -0.2) is 9.97 Å². The summed E-state index contributed by atoms with van der Waals surface area (Å²) < 4.78 is 4.97. The second-order valence-corrected chi connectivity index (χ2v) is 3.27. The van der Waals surface area contributed by atoms with E-state index in [0.29, 0.717) is 4.47 Å². The number of fused-ring (bicyclic) bond motifs is 1. The van der Waals surface area contributed by atoms with Crippen molar-refractivity contribution in [3.63, 3.8) is 0 Å². The highest BCUT2D eigenvalue weighted by Crippen LogP contribution is 2.10. The Balaban J connectivity index is 3.04. The zero-order chi connectivity index (χ0) is 9.42. The van der Waals surface area contributed by atoms with Gasteiger partial charge in [0.25, 0.3) is 0 Å². The van der Waals surface area contributed by atoms with Crippen LogP contribution in [-0.2, 0) is 0 Å². The van der Waals surface area contributed by atoms with Crippen molar-refractivity contribution in [2.24, 2.45) is 0 Å². The van der Waals surface area contributed by atoms with Crippen molar-refractivity contribution in [2.45, 2.75) is 0 Å². The molecule has 0 saturated heterocycles. The first kappa shape index (κ1) is 8.18. The predicted octanol–water partition coefficient (Wildman–Crippen LogP) is 0.639. The molecule has 2 aromatic heterocycles. The zero-order valence-electron chi connectivity index (χ0n) is 6.20. The molecule has 0 aliphatic rings. The van der Waals surface area contributed by atoms with Crippen LogP contribution in [0.5, 0.6) is 0 Å². The van der Waals surface area contributed by atoms with E-state index in [0.717, 1.165) is 0 Å². The molecule has 2 rings (SSSR count). The molecular formula is C7H3BrN2O3. The summed E-state index contributed by atoms with van der Waals surface area (Å²) in [6.07, 6.45) is 1.48. The number of nitrogens with one attached hydrogen (secondary N) is 1. The number of hydrogen-bond acceptors (Lipinski definition) is 4. The molecule has 6 heteroatoms. The summed E-state index contributed by atoms with van der Waals surface area (Å²) in [7, 11) is 0. The summed E-state index contributed by atoms with van der Waals surface area (Å²) in [6, 6.07) is 1.53. The third-order valence-electron chi connectivity index (χ3n) is 1.48. The van der Waals surface area contributed by atoms with Gasteiger partial charge in [0.15, 0.2) is 0 Å². The van der Waals surface area contributed by atoms with E-state index in [1.165, 1.54) is 12.3 Å². The predicted molar refractivity (Wildman–Crippen MR) is 48.6 cm³/mol. The third kappa shape index (κ3) is 1.40. The topological polar surface area (TPSA) is 76.0 Å². The van der Waals surface area contributed by atoms with Gasteiger partial charge in [-0.1, -0.05) is 0 Å². The minimum absolute atomic E-state index is 0.226. The molecule has 5 nitrogen and oxygen atoms in total. The van der Waals surface area contributed by atoms with Gasteiger partial charge in [0, 0.05) is 10.7 Å². The van der Waals surface area contributed by atoms with Gasteiger partial charge in [-0.05, 0) is 22.0 Å². The van der Waals surface area contributed by atoms with Crippen LogP contribution in [0.25, 0.3) is 11.0 Å². The molecule has 0 aliphatic carbocycles. The first-order chi connectivity index (χ1) is 6.16. The molecule has 2 aromatic rings. The van der Waals surface area contributed by atoms with E-state index in [1.54, 1.807) is 0 Å². The molecule has 0 fully saturated rings. The second kappa shape index (κ2) is 2.81. The maximum atomic E-state index is 11.1. The van der Waals surface area contributed by atoms with Crippen LogP contribution in [0.1, 0.15) is 0 Å². The number of nitrogens with zero attached hydrogens (tertiary/aromatic N) is 1. The molecule has 1 N–H and O–H groups in total. The van der Waals surface area contributed by atoms with Gasteiger partial charge in [-0.15, -0.1) is 0 Å². The van der Waals surface area contributed by atoms with Crippen molar-refractivity contribution in [2.75, 3.05) is 0 Å². The molecule has 0 aliphatic heterocycles. The summed E-state index contributed by atoms with van der Waals surface area (Å²) in [5, 5.41) is 0.244. The molecule has 2 heterocycles. The molecule has 0 spiro atoms. The van der Waals surface area contributed by atoms with E-state index in [2.05, 4.69) is 30.3 Å². The SMILES string of the molecule is O=c1[nH]c2ncc(Br)cc2c(=O)o1. The van der Waals surface area contributed by atoms with Gasteiger partial charge >= 0.3 is 11.4 Å². The van der Waals surface area contributed by atoms with Gasteiger partial charge < -0.3 is 4.42 Å². The van der Waals surface area contributed by atoms with Gasteiger partial charge in [0.2, 0.25) is 0 Å². The molecule has 0 amide bonds. The van der Waals surface area contributed by atoms with E-state index >= 15 is 0 Å². The van der Waals surface area contributed by atoms with E-state index in [4.69, 9.17) is 0 Å². The maximum Gasteiger partial charge on any atom is 0.420 e. The number of halogens is 1. The fourth-order valence-corrected chi connectivity index (χ4v) is 1.29. The first-order valence-corrected chi connectivity index (χ1v) is 4.15. The zero-order valence-corrected chi connectivity index (χ0v) is 7.79. The lowest BCUT2D eigenvalue weighted by Gasteiger charge is -1.93. The standard InChI is InChI=1S/C7H3BrN2O3/c8-3-1-4-5(9-2-3)10-7(12)13-6(4)11/h1-2H,(H,9,10,12). The molecule has 0 atom stereocenters. The lowest BCUT2D eigenvalue weighted by Crippen LogP contribution is -2.15. The van der Waals surface area contributed by atoms with Crippen LogP contribution in [0.4, 0.5) is 0 Å². The Morgan fingerprint density at radius 2 is 2.23 bits per heavy atom. The molecule has 0 saturated carbocycles. The van der Waals surface area contributed by atoms with Gasteiger partial charge in [0.1, 0.15) is 11.0 Å². The van der Waals surface area contributed by atoms with E-state index < -0.39 is 11.4 Å². The Hall–Kier alpha value is -1.43. The first-order valence-electron chi connectivity index (χ1n) is 3.35. The van der Waals surface area contributed by atoms with Crippen molar-refractivity contribution in [3.8, 4) is 0 Å². The number of aromatic nitrogens is 2. The Morgan fingerprint density at radius 3 is 3.00 bits per heavy atom. The van der Waals surface area contributed by atoms with Crippen molar-refractivity contribution in [1.82, 2.24) is 9.97 Å². The lowest BCUT2D eigenvalue weighted by atomic mass is 10.3. The summed E-state index contributed by atoms with van der Waals surface area (Å²) >= 11 is 3.15. The van der Waals surface area contributed by atoms with Crippen LogP contribution in [0, 0.1) is 0 Å². The van der Waals surface area contributed by atoms with Crippen LogP contribution in [0.15, 0.2) is 30.7 Å². The highest BCUT2D eigenvalue weighted by Gasteiger charge is 2.03. The van der Waals surface area contributed by atoms with Crippen LogP contribution in [0.3, 0.4) is 0 Å². The average molecular weight is 243 g/mol. The Morgan fingerprint density at radius 1 is 1.46 bits per heavy atom. The van der Waals surface area contributed by atoms with Gasteiger partial charge in [-0.3, -0.25) is 4.98 Å². The van der Waals surface area contributed by atoms with Crippen molar-refractivity contribution in [1.29, 1.82) is 0 Å². The molecule has 0 unspecified atom stereocenters. The number of aromatic amines is 1. The smallest absolute Gasteiger partial charge is 0.372 e. The Kier molecular flexibility index (Phi) is 1.77. The Bertz CT molecular complexity index is 572. The summed E-state index contributed by atoms with van der Waals surface area (Å²) in [6.45, 7) is 0. The van der Waals surface area contributed by atoms with Crippen molar-refractivity contribution < 1.29 is 4.42 Å². The average Bonchev–Trinajstić information content (AvgIpc) is 2.06. The monoisotopic (exact) mass is 242 g/mol. The minimum Gasteiger partial charge on any atom is -0.372 e.